The van der Waals surface area contributed by atoms with Gasteiger partial charge >= 0.3 is 0 Å². The van der Waals surface area contributed by atoms with E-state index in [0.717, 1.165) is 22.9 Å². The van der Waals surface area contributed by atoms with E-state index in [0.29, 0.717) is 0 Å². The SMILES string of the molecule is CN1C(=O)C(I)CCc2sc(Cl)cc21. The summed E-state index contributed by atoms with van der Waals surface area (Å²) >= 11 is 9.72. The Kier molecular flexibility index (Phi) is 3.04. The Labute approximate surface area is 105 Å². The molecule has 1 unspecified atom stereocenters. The summed E-state index contributed by atoms with van der Waals surface area (Å²) < 4.78 is 0.859. The highest BCUT2D eigenvalue weighted by Crippen LogP contribution is 2.37. The van der Waals surface area contributed by atoms with Gasteiger partial charge in [-0.3, -0.25) is 4.79 Å². The van der Waals surface area contributed by atoms with Crippen molar-refractivity contribution in [1.29, 1.82) is 0 Å². The second-order valence-electron chi connectivity index (χ2n) is 3.26. The highest BCUT2D eigenvalue weighted by Gasteiger charge is 2.27. The van der Waals surface area contributed by atoms with E-state index >= 15 is 0 Å². The van der Waals surface area contributed by atoms with Crippen LogP contribution in [0.2, 0.25) is 4.34 Å². The third-order valence-corrected chi connectivity index (χ3v) is 4.81. The summed E-state index contributed by atoms with van der Waals surface area (Å²) in [5, 5.41) is 0. The van der Waals surface area contributed by atoms with Gasteiger partial charge in [-0.2, -0.15) is 0 Å². The first kappa shape index (κ1) is 10.7. The van der Waals surface area contributed by atoms with Crippen LogP contribution in [0.5, 0.6) is 0 Å². The van der Waals surface area contributed by atoms with Crippen molar-refractivity contribution in [3.05, 3.63) is 15.3 Å². The predicted octanol–water partition coefficient (Wildman–Crippen LogP) is 3.11. The topological polar surface area (TPSA) is 20.3 Å². The number of amides is 1. The van der Waals surface area contributed by atoms with Crippen LogP contribution in [0, 0.1) is 0 Å². The zero-order chi connectivity index (χ0) is 10.3. The van der Waals surface area contributed by atoms with Gasteiger partial charge in [0.25, 0.3) is 0 Å². The quantitative estimate of drug-likeness (QED) is 0.524. The summed E-state index contributed by atoms with van der Waals surface area (Å²) in [7, 11) is 1.82. The first-order valence-electron chi connectivity index (χ1n) is 4.29. The average molecular weight is 342 g/mol. The molecule has 1 aliphatic heterocycles. The van der Waals surface area contributed by atoms with E-state index in [9.17, 15) is 4.79 Å². The molecule has 0 radical (unpaired) electrons. The van der Waals surface area contributed by atoms with Crippen LogP contribution < -0.4 is 4.90 Å². The maximum absolute atomic E-state index is 11.8. The van der Waals surface area contributed by atoms with Gasteiger partial charge in [-0.25, -0.2) is 0 Å². The van der Waals surface area contributed by atoms with Crippen molar-refractivity contribution in [1.82, 2.24) is 0 Å². The molecule has 14 heavy (non-hydrogen) atoms. The first-order valence-corrected chi connectivity index (χ1v) is 6.73. The Morgan fingerprint density at radius 3 is 3.14 bits per heavy atom. The summed E-state index contributed by atoms with van der Waals surface area (Å²) in [6.45, 7) is 0. The zero-order valence-corrected chi connectivity index (χ0v) is 11.3. The van der Waals surface area contributed by atoms with E-state index in [1.165, 1.54) is 4.88 Å². The lowest BCUT2D eigenvalue weighted by Crippen LogP contribution is -2.31. The molecule has 76 valence electrons. The molecule has 2 rings (SSSR count). The largest absolute Gasteiger partial charge is 0.313 e. The van der Waals surface area contributed by atoms with Crippen molar-refractivity contribution in [2.24, 2.45) is 0 Å². The van der Waals surface area contributed by atoms with Gasteiger partial charge in [0, 0.05) is 11.9 Å². The van der Waals surface area contributed by atoms with E-state index in [1.54, 1.807) is 16.2 Å². The van der Waals surface area contributed by atoms with Gasteiger partial charge in [0.2, 0.25) is 5.91 Å². The van der Waals surface area contributed by atoms with Crippen molar-refractivity contribution in [3.63, 3.8) is 0 Å². The Morgan fingerprint density at radius 1 is 1.71 bits per heavy atom. The van der Waals surface area contributed by atoms with Crippen LogP contribution in [0.1, 0.15) is 11.3 Å². The fourth-order valence-electron chi connectivity index (χ4n) is 1.56. The summed E-state index contributed by atoms with van der Waals surface area (Å²) in [6, 6.07) is 1.88. The highest BCUT2D eigenvalue weighted by atomic mass is 127. The minimum absolute atomic E-state index is 0.0935. The van der Waals surface area contributed by atoms with Crippen LogP contribution in [0.3, 0.4) is 0 Å². The van der Waals surface area contributed by atoms with Crippen LogP contribution in [-0.2, 0) is 11.2 Å². The Hall–Kier alpha value is 0.190. The Morgan fingerprint density at radius 2 is 2.43 bits per heavy atom. The molecule has 1 aliphatic rings. The van der Waals surface area contributed by atoms with Crippen molar-refractivity contribution < 1.29 is 4.79 Å². The van der Waals surface area contributed by atoms with Crippen LogP contribution in [0.25, 0.3) is 0 Å². The lowest BCUT2D eigenvalue weighted by molar-refractivity contribution is -0.117. The number of alkyl halides is 1. The Bertz CT molecular complexity index is 379. The van der Waals surface area contributed by atoms with Crippen LogP contribution in [0.15, 0.2) is 6.07 Å². The molecular formula is C9H9ClINOS. The molecule has 0 fully saturated rings. The van der Waals surface area contributed by atoms with E-state index in [4.69, 9.17) is 11.6 Å². The maximum Gasteiger partial charge on any atom is 0.239 e. The molecule has 1 amide bonds. The molecule has 2 heterocycles. The number of carbonyl (C=O) groups is 1. The molecule has 0 aliphatic carbocycles. The van der Waals surface area contributed by atoms with Gasteiger partial charge in [-0.05, 0) is 18.9 Å². The summed E-state index contributed by atoms with van der Waals surface area (Å²) in [5.74, 6) is 0.179. The standard InChI is InChI=1S/C9H9ClINOS/c1-12-6-4-8(10)14-7(6)3-2-5(11)9(12)13/h4-5H,2-3H2,1H3. The van der Waals surface area contributed by atoms with Gasteiger partial charge in [0.15, 0.2) is 0 Å². The van der Waals surface area contributed by atoms with Crippen LogP contribution in [0.4, 0.5) is 5.69 Å². The van der Waals surface area contributed by atoms with E-state index in [2.05, 4.69) is 22.6 Å². The minimum atomic E-state index is 0.0935. The number of hydrogen-bond donors (Lipinski definition) is 0. The molecule has 2 nitrogen and oxygen atoms in total. The van der Waals surface area contributed by atoms with Crippen molar-refractivity contribution in [2.75, 3.05) is 11.9 Å². The maximum atomic E-state index is 11.8. The number of halogens is 2. The summed E-state index contributed by atoms with van der Waals surface area (Å²) in [4.78, 5) is 14.7. The Balaban J connectivity index is 2.43. The molecule has 0 saturated heterocycles. The van der Waals surface area contributed by atoms with E-state index in [1.807, 2.05) is 13.1 Å². The lowest BCUT2D eigenvalue weighted by atomic mass is 10.2. The molecule has 1 atom stereocenters. The third kappa shape index (κ3) is 1.79. The first-order chi connectivity index (χ1) is 6.59. The second-order valence-corrected chi connectivity index (χ2v) is 6.53. The van der Waals surface area contributed by atoms with Crippen molar-refractivity contribution >= 4 is 57.1 Å². The number of thiophene rings is 1. The van der Waals surface area contributed by atoms with E-state index < -0.39 is 0 Å². The summed E-state index contributed by atoms with van der Waals surface area (Å²) in [6.07, 6.45) is 1.87. The average Bonchev–Trinajstić information content (AvgIpc) is 2.49. The molecule has 5 heteroatoms. The van der Waals surface area contributed by atoms with Gasteiger partial charge in [-0.1, -0.05) is 34.2 Å². The third-order valence-electron chi connectivity index (χ3n) is 2.34. The molecule has 1 aromatic rings. The van der Waals surface area contributed by atoms with Crippen molar-refractivity contribution in [3.8, 4) is 0 Å². The molecule has 1 aromatic heterocycles. The number of aryl methyl sites for hydroxylation is 1. The summed E-state index contributed by atoms with van der Waals surface area (Å²) in [5.41, 5.74) is 0.990. The van der Waals surface area contributed by atoms with Crippen LogP contribution in [-0.4, -0.2) is 16.9 Å². The van der Waals surface area contributed by atoms with E-state index in [-0.39, 0.29) is 9.83 Å². The molecular weight excluding hydrogens is 333 g/mol. The fraction of sp³-hybridized carbons (Fsp3) is 0.444. The van der Waals surface area contributed by atoms with Crippen molar-refractivity contribution in [2.45, 2.75) is 16.8 Å². The van der Waals surface area contributed by atoms with Gasteiger partial charge in [0.1, 0.15) is 0 Å². The monoisotopic (exact) mass is 341 g/mol. The number of rotatable bonds is 0. The zero-order valence-electron chi connectivity index (χ0n) is 7.59. The number of hydrogen-bond acceptors (Lipinski definition) is 2. The smallest absolute Gasteiger partial charge is 0.239 e. The van der Waals surface area contributed by atoms with Gasteiger partial charge in [0.05, 0.1) is 13.9 Å². The molecule has 0 spiro atoms. The van der Waals surface area contributed by atoms with Crippen LogP contribution >= 0.6 is 45.5 Å². The number of carbonyl (C=O) groups excluding carboxylic acids is 1. The number of fused-ring (bicyclic) bond motifs is 1. The molecule has 0 saturated carbocycles. The minimum Gasteiger partial charge on any atom is -0.313 e. The normalized spacial score (nSPS) is 22.1. The number of anilines is 1. The molecule has 0 N–H and O–H groups in total. The van der Waals surface area contributed by atoms with Gasteiger partial charge < -0.3 is 4.90 Å². The lowest BCUT2D eigenvalue weighted by Gasteiger charge is -2.16. The highest BCUT2D eigenvalue weighted by molar-refractivity contribution is 14.1. The number of nitrogens with zero attached hydrogens (tertiary/aromatic N) is 1. The molecule has 0 bridgehead atoms. The molecule has 0 aromatic carbocycles. The second kappa shape index (κ2) is 3.98. The van der Waals surface area contributed by atoms with Gasteiger partial charge in [-0.15, -0.1) is 11.3 Å². The predicted molar refractivity (Wildman–Crippen MR) is 68.9 cm³/mol. The fourth-order valence-corrected chi connectivity index (χ4v) is 3.60.